The lowest BCUT2D eigenvalue weighted by molar-refractivity contribution is -0.137. The first kappa shape index (κ1) is 18.9. The molecule has 3 N–H and O–H groups in total. The Morgan fingerprint density at radius 3 is 2.04 bits per heavy atom. The summed E-state index contributed by atoms with van der Waals surface area (Å²) in [5, 5.41) is 15.3. The van der Waals surface area contributed by atoms with Crippen LogP contribution in [0.5, 0.6) is 0 Å². The van der Waals surface area contributed by atoms with Crippen LogP contribution in [-0.2, 0) is 4.79 Å². The van der Waals surface area contributed by atoms with Crippen LogP contribution in [-0.4, -0.2) is 28.9 Å². The zero-order valence-corrected chi connectivity index (χ0v) is 15.2. The number of halogens is 1. The van der Waals surface area contributed by atoms with Gasteiger partial charge in [-0.2, -0.15) is 0 Å². The molecule has 0 aromatic heterocycles. The molecule has 0 spiro atoms. The highest BCUT2D eigenvalue weighted by atomic mass is 35.5. The second-order valence-corrected chi connectivity index (χ2v) is 6.94. The van der Waals surface area contributed by atoms with Gasteiger partial charge < -0.3 is 15.7 Å². The average Bonchev–Trinajstić information content (AvgIpc) is 3.45. The normalized spacial score (nSPS) is 14.3. The molecule has 0 aliphatic heterocycles. The SMILES string of the molecule is O=C(O)C[C@H](NC(=O)c1ccc(C(=O)NC2CC2)cc1)c1ccc(Cl)cc1. The number of rotatable bonds is 7. The molecule has 7 heteroatoms. The van der Waals surface area contributed by atoms with E-state index < -0.39 is 17.9 Å². The number of amides is 2. The van der Waals surface area contributed by atoms with Crippen molar-refractivity contribution < 1.29 is 19.5 Å². The Hall–Kier alpha value is -2.86. The predicted molar refractivity (Wildman–Crippen MR) is 101 cm³/mol. The van der Waals surface area contributed by atoms with Crippen molar-refractivity contribution in [1.82, 2.24) is 10.6 Å². The monoisotopic (exact) mass is 386 g/mol. The van der Waals surface area contributed by atoms with E-state index in [1.165, 1.54) is 0 Å². The number of aliphatic carboxylic acids is 1. The van der Waals surface area contributed by atoms with Crippen molar-refractivity contribution in [3.63, 3.8) is 0 Å². The summed E-state index contributed by atoms with van der Waals surface area (Å²) in [6, 6.07) is 12.5. The van der Waals surface area contributed by atoms with Gasteiger partial charge >= 0.3 is 5.97 Å². The van der Waals surface area contributed by atoms with Crippen LogP contribution in [0.4, 0.5) is 0 Å². The molecule has 2 amide bonds. The van der Waals surface area contributed by atoms with Crippen LogP contribution in [0.15, 0.2) is 48.5 Å². The van der Waals surface area contributed by atoms with Crippen molar-refractivity contribution in [2.45, 2.75) is 31.3 Å². The number of carboxylic acids is 1. The van der Waals surface area contributed by atoms with Gasteiger partial charge in [-0.1, -0.05) is 23.7 Å². The molecule has 0 unspecified atom stereocenters. The molecule has 2 aromatic rings. The first-order chi connectivity index (χ1) is 12.9. The molecule has 1 atom stereocenters. The number of hydrogen-bond donors (Lipinski definition) is 3. The highest BCUT2D eigenvalue weighted by Gasteiger charge is 2.24. The van der Waals surface area contributed by atoms with Gasteiger partial charge in [-0.15, -0.1) is 0 Å². The van der Waals surface area contributed by atoms with E-state index in [0.717, 1.165) is 12.8 Å². The molecule has 0 saturated heterocycles. The first-order valence-corrected chi connectivity index (χ1v) is 8.99. The van der Waals surface area contributed by atoms with Gasteiger partial charge in [-0.05, 0) is 54.8 Å². The fraction of sp³-hybridized carbons (Fsp3) is 0.250. The number of carbonyl (C=O) groups is 3. The molecule has 1 fully saturated rings. The Bertz CT molecular complexity index is 845. The molecule has 1 aliphatic rings. The summed E-state index contributed by atoms with van der Waals surface area (Å²) < 4.78 is 0. The maximum Gasteiger partial charge on any atom is 0.305 e. The van der Waals surface area contributed by atoms with Gasteiger partial charge in [0.1, 0.15) is 0 Å². The fourth-order valence-corrected chi connectivity index (χ4v) is 2.76. The van der Waals surface area contributed by atoms with Crippen LogP contribution in [0.3, 0.4) is 0 Å². The number of carbonyl (C=O) groups excluding carboxylic acids is 2. The molecular weight excluding hydrogens is 368 g/mol. The van der Waals surface area contributed by atoms with Crippen molar-refractivity contribution >= 4 is 29.4 Å². The maximum absolute atomic E-state index is 12.5. The van der Waals surface area contributed by atoms with Crippen molar-refractivity contribution in [2.24, 2.45) is 0 Å². The Morgan fingerprint density at radius 1 is 0.963 bits per heavy atom. The van der Waals surface area contributed by atoms with Gasteiger partial charge in [0, 0.05) is 22.2 Å². The van der Waals surface area contributed by atoms with Gasteiger partial charge in [-0.25, -0.2) is 0 Å². The third kappa shape index (κ3) is 5.31. The zero-order valence-electron chi connectivity index (χ0n) is 14.4. The smallest absolute Gasteiger partial charge is 0.305 e. The van der Waals surface area contributed by atoms with E-state index in [4.69, 9.17) is 16.7 Å². The molecule has 2 aromatic carbocycles. The molecule has 0 bridgehead atoms. The van der Waals surface area contributed by atoms with E-state index in [0.29, 0.717) is 21.7 Å². The summed E-state index contributed by atoms with van der Waals surface area (Å²) >= 11 is 5.86. The molecule has 0 radical (unpaired) electrons. The van der Waals surface area contributed by atoms with Crippen LogP contribution in [0, 0.1) is 0 Å². The highest BCUT2D eigenvalue weighted by Crippen LogP contribution is 2.21. The Morgan fingerprint density at radius 2 is 1.52 bits per heavy atom. The largest absolute Gasteiger partial charge is 0.481 e. The lowest BCUT2D eigenvalue weighted by atomic mass is 10.0. The van der Waals surface area contributed by atoms with E-state index in [9.17, 15) is 14.4 Å². The van der Waals surface area contributed by atoms with Crippen molar-refractivity contribution in [3.8, 4) is 0 Å². The van der Waals surface area contributed by atoms with E-state index in [-0.39, 0.29) is 18.4 Å². The molecule has 3 rings (SSSR count). The number of hydrogen-bond acceptors (Lipinski definition) is 3. The minimum absolute atomic E-state index is 0.158. The molecule has 0 heterocycles. The van der Waals surface area contributed by atoms with E-state index in [1.807, 2.05) is 0 Å². The number of benzene rings is 2. The topological polar surface area (TPSA) is 95.5 Å². The van der Waals surface area contributed by atoms with E-state index in [2.05, 4.69) is 10.6 Å². The second-order valence-electron chi connectivity index (χ2n) is 6.50. The van der Waals surface area contributed by atoms with Crippen LogP contribution in [0.2, 0.25) is 5.02 Å². The van der Waals surface area contributed by atoms with E-state index in [1.54, 1.807) is 48.5 Å². The molecule has 27 heavy (non-hydrogen) atoms. The molecule has 6 nitrogen and oxygen atoms in total. The lowest BCUT2D eigenvalue weighted by Crippen LogP contribution is -2.30. The minimum Gasteiger partial charge on any atom is -0.481 e. The van der Waals surface area contributed by atoms with Crippen molar-refractivity contribution in [1.29, 1.82) is 0 Å². The Labute approximate surface area is 161 Å². The van der Waals surface area contributed by atoms with Crippen LogP contribution in [0.1, 0.15) is 51.6 Å². The van der Waals surface area contributed by atoms with Gasteiger partial charge in [0.25, 0.3) is 11.8 Å². The van der Waals surface area contributed by atoms with Crippen LogP contribution < -0.4 is 10.6 Å². The molecule has 140 valence electrons. The van der Waals surface area contributed by atoms with Crippen LogP contribution >= 0.6 is 11.6 Å². The van der Waals surface area contributed by atoms with Gasteiger partial charge in [0.05, 0.1) is 12.5 Å². The van der Waals surface area contributed by atoms with Crippen LogP contribution in [0.25, 0.3) is 0 Å². The number of nitrogens with one attached hydrogen (secondary N) is 2. The average molecular weight is 387 g/mol. The predicted octanol–water partition coefficient (Wildman–Crippen LogP) is 3.18. The van der Waals surface area contributed by atoms with Crippen molar-refractivity contribution in [2.75, 3.05) is 0 Å². The third-order valence-corrected chi connectivity index (χ3v) is 4.53. The number of carboxylic acid groups (broad SMARTS) is 1. The van der Waals surface area contributed by atoms with E-state index >= 15 is 0 Å². The highest BCUT2D eigenvalue weighted by molar-refractivity contribution is 6.30. The zero-order chi connectivity index (χ0) is 19.4. The van der Waals surface area contributed by atoms with Crippen molar-refractivity contribution in [3.05, 3.63) is 70.2 Å². The summed E-state index contributed by atoms with van der Waals surface area (Å²) in [6.07, 6.45) is 1.75. The van der Waals surface area contributed by atoms with Gasteiger partial charge in [-0.3, -0.25) is 14.4 Å². The molecule has 1 saturated carbocycles. The standard InChI is InChI=1S/C20H19ClN2O4/c21-15-7-5-12(6-8-15)17(11-18(24)25)23-20(27)14-3-1-13(2-4-14)19(26)22-16-9-10-16/h1-8,16-17H,9-11H2,(H,22,26)(H,23,27)(H,24,25)/t17-/m0/s1. The summed E-state index contributed by atoms with van der Waals surface area (Å²) in [6.45, 7) is 0. The Kier molecular flexibility index (Phi) is 5.76. The summed E-state index contributed by atoms with van der Waals surface area (Å²) in [7, 11) is 0. The summed E-state index contributed by atoms with van der Waals surface area (Å²) in [4.78, 5) is 35.7. The molecule has 1 aliphatic carbocycles. The van der Waals surface area contributed by atoms with Gasteiger partial charge in [0.2, 0.25) is 0 Å². The second kappa shape index (κ2) is 8.22. The summed E-state index contributed by atoms with van der Waals surface area (Å²) in [5.41, 5.74) is 1.48. The first-order valence-electron chi connectivity index (χ1n) is 8.61. The summed E-state index contributed by atoms with van der Waals surface area (Å²) in [5.74, 6) is -1.60. The molecular formula is C20H19ClN2O4. The fourth-order valence-electron chi connectivity index (χ4n) is 2.63. The maximum atomic E-state index is 12.5. The quantitative estimate of drug-likeness (QED) is 0.681. The third-order valence-electron chi connectivity index (χ3n) is 4.28. The van der Waals surface area contributed by atoms with Gasteiger partial charge in [0.15, 0.2) is 0 Å². The lowest BCUT2D eigenvalue weighted by Gasteiger charge is -2.18. The Balaban J connectivity index is 1.69. The minimum atomic E-state index is -1.03.